The molecule has 0 atom stereocenters. The molecule has 0 aromatic heterocycles. The quantitative estimate of drug-likeness (QED) is 0.489. The van der Waals surface area contributed by atoms with Gasteiger partial charge in [-0.25, -0.2) is 4.39 Å². The first-order valence-electron chi connectivity index (χ1n) is 4.65. The predicted molar refractivity (Wildman–Crippen MR) is 66.8 cm³/mol. The van der Waals surface area contributed by atoms with E-state index in [4.69, 9.17) is 28.9 Å². The second-order valence-electron chi connectivity index (χ2n) is 3.49. The number of halogens is 3. The van der Waals surface area contributed by atoms with Gasteiger partial charge < -0.3 is 11.1 Å². The summed E-state index contributed by atoms with van der Waals surface area (Å²) in [6.45, 7) is 3.78. The van der Waals surface area contributed by atoms with Gasteiger partial charge in [0.2, 0.25) is 0 Å². The molecule has 0 aliphatic rings. The molecule has 0 saturated heterocycles. The van der Waals surface area contributed by atoms with Crippen molar-refractivity contribution in [2.24, 2.45) is 10.7 Å². The highest BCUT2D eigenvalue weighted by molar-refractivity contribution is 6.35. The van der Waals surface area contributed by atoms with E-state index in [0.717, 1.165) is 0 Å². The third-order valence-corrected chi connectivity index (χ3v) is 2.20. The molecule has 0 fully saturated rings. The smallest absolute Gasteiger partial charge is 0.193 e. The number of aliphatic imine (C=N–C) groups is 1. The minimum Gasteiger partial charge on any atom is -0.370 e. The van der Waals surface area contributed by atoms with Crippen LogP contribution < -0.4 is 11.1 Å². The lowest BCUT2D eigenvalue weighted by Crippen LogP contribution is -2.24. The first-order chi connectivity index (χ1) is 7.40. The Morgan fingerprint density at radius 1 is 1.38 bits per heavy atom. The van der Waals surface area contributed by atoms with Crippen LogP contribution in [0.15, 0.2) is 17.1 Å². The lowest BCUT2D eigenvalue weighted by molar-refractivity contribution is 0.629. The molecule has 0 heterocycles. The molecule has 1 aromatic rings. The predicted octanol–water partition coefficient (Wildman–Crippen LogP) is 3.27. The van der Waals surface area contributed by atoms with Gasteiger partial charge >= 0.3 is 0 Å². The Hall–Kier alpha value is -1.00. The van der Waals surface area contributed by atoms with E-state index in [1.165, 1.54) is 12.1 Å². The van der Waals surface area contributed by atoms with Gasteiger partial charge in [0.05, 0.1) is 10.0 Å². The van der Waals surface area contributed by atoms with Crippen LogP contribution in [0, 0.1) is 5.82 Å². The Labute approximate surface area is 103 Å². The van der Waals surface area contributed by atoms with E-state index in [-0.39, 0.29) is 22.0 Å². The van der Waals surface area contributed by atoms with E-state index in [0.29, 0.717) is 5.69 Å². The third kappa shape index (κ3) is 3.54. The number of nitrogens with one attached hydrogen (secondary N) is 1. The average Bonchev–Trinajstić information content (AvgIpc) is 2.12. The van der Waals surface area contributed by atoms with Crippen molar-refractivity contribution < 1.29 is 4.39 Å². The van der Waals surface area contributed by atoms with Crippen LogP contribution in [0.3, 0.4) is 0 Å². The molecule has 88 valence electrons. The zero-order valence-electron chi connectivity index (χ0n) is 8.89. The summed E-state index contributed by atoms with van der Waals surface area (Å²) < 4.78 is 13.1. The summed E-state index contributed by atoms with van der Waals surface area (Å²) in [4.78, 5) is 4.06. The molecule has 0 spiro atoms. The van der Waals surface area contributed by atoms with Crippen LogP contribution in [-0.2, 0) is 0 Å². The van der Waals surface area contributed by atoms with Crippen molar-refractivity contribution in [3.63, 3.8) is 0 Å². The first kappa shape index (κ1) is 13.1. The maximum atomic E-state index is 13.1. The molecule has 0 bridgehead atoms. The number of nitrogens with two attached hydrogens (primary N) is 1. The molecule has 16 heavy (non-hydrogen) atoms. The summed E-state index contributed by atoms with van der Waals surface area (Å²) in [5.41, 5.74) is 6.10. The fraction of sp³-hybridized carbons (Fsp3) is 0.300. The molecule has 0 aliphatic carbocycles. The molecular weight excluding hydrogens is 252 g/mol. The van der Waals surface area contributed by atoms with Gasteiger partial charge in [-0.15, -0.1) is 0 Å². The Morgan fingerprint density at radius 3 is 2.31 bits per heavy atom. The van der Waals surface area contributed by atoms with Gasteiger partial charge in [0.1, 0.15) is 0 Å². The molecule has 0 saturated carbocycles. The summed E-state index contributed by atoms with van der Waals surface area (Å²) in [5.74, 6) is -0.415. The van der Waals surface area contributed by atoms with Gasteiger partial charge in [0.15, 0.2) is 11.8 Å². The number of hydrogen-bond donors (Lipinski definition) is 2. The van der Waals surface area contributed by atoms with Crippen LogP contribution in [0.5, 0.6) is 0 Å². The Morgan fingerprint density at radius 2 is 1.88 bits per heavy atom. The average molecular weight is 264 g/mol. The number of guanidine groups is 1. The molecule has 3 N–H and O–H groups in total. The van der Waals surface area contributed by atoms with E-state index in [1.54, 1.807) is 0 Å². The van der Waals surface area contributed by atoms with Crippen molar-refractivity contribution >= 4 is 34.8 Å². The van der Waals surface area contributed by atoms with Crippen molar-refractivity contribution in [1.29, 1.82) is 0 Å². The van der Waals surface area contributed by atoms with Gasteiger partial charge in [-0.05, 0) is 26.0 Å². The van der Waals surface area contributed by atoms with Gasteiger partial charge in [-0.2, -0.15) is 0 Å². The van der Waals surface area contributed by atoms with E-state index >= 15 is 0 Å². The number of hydrogen-bond acceptors (Lipinski definition) is 1. The van der Waals surface area contributed by atoms with E-state index in [2.05, 4.69) is 10.3 Å². The molecule has 0 amide bonds. The van der Waals surface area contributed by atoms with Crippen molar-refractivity contribution in [2.45, 2.75) is 19.9 Å². The number of rotatable bonds is 2. The molecule has 0 radical (unpaired) electrons. The molecule has 1 rings (SSSR count). The second-order valence-corrected chi connectivity index (χ2v) is 4.30. The fourth-order valence-electron chi connectivity index (χ4n) is 1.09. The summed E-state index contributed by atoms with van der Waals surface area (Å²) in [6.07, 6.45) is 0. The van der Waals surface area contributed by atoms with Gasteiger partial charge in [0, 0.05) is 11.7 Å². The van der Waals surface area contributed by atoms with Crippen LogP contribution in [0.4, 0.5) is 10.1 Å². The van der Waals surface area contributed by atoms with E-state index in [9.17, 15) is 4.39 Å². The van der Waals surface area contributed by atoms with Crippen LogP contribution in [0.25, 0.3) is 0 Å². The van der Waals surface area contributed by atoms with Crippen molar-refractivity contribution in [3.05, 3.63) is 28.0 Å². The molecule has 0 unspecified atom stereocenters. The normalized spacial score (nSPS) is 12.0. The lowest BCUT2D eigenvalue weighted by Gasteiger charge is -2.08. The van der Waals surface area contributed by atoms with Crippen molar-refractivity contribution in [2.75, 3.05) is 5.32 Å². The molecule has 0 aliphatic heterocycles. The van der Waals surface area contributed by atoms with Crippen LogP contribution in [0.1, 0.15) is 13.8 Å². The summed E-state index contributed by atoms with van der Waals surface area (Å²) >= 11 is 11.3. The van der Waals surface area contributed by atoms with Crippen LogP contribution in [-0.4, -0.2) is 12.0 Å². The zero-order chi connectivity index (χ0) is 12.3. The number of nitrogens with zero attached hydrogens (tertiary/aromatic N) is 1. The van der Waals surface area contributed by atoms with E-state index in [1.807, 2.05) is 13.8 Å². The van der Waals surface area contributed by atoms with Gasteiger partial charge in [0.25, 0.3) is 0 Å². The lowest BCUT2D eigenvalue weighted by atomic mass is 10.3. The monoisotopic (exact) mass is 263 g/mol. The SMILES string of the molecule is CC(C)N=C(N)Nc1cc(Cl)c(F)c(Cl)c1. The minimum absolute atomic E-state index is 0.0626. The summed E-state index contributed by atoms with van der Waals surface area (Å²) in [6, 6.07) is 2.86. The van der Waals surface area contributed by atoms with Crippen LogP contribution >= 0.6 is 23.2 Å². The highest BCUT2D eigenvalue weighted by Gasteiger charge is 2.07. The largest absolute Gasteiger partial charge is 0.370 e. The second kappa shape index (κ2) is 5.37. The van der Waals surface area contributed by atoms with Crippen LogP contribution in [0.2, 0.25) is 10.0 Å². The highest BCUT2D eigenvalue weighted by atomic mass is 35.5. The minimum atomic E-state index is -0.645. The molecular formula is C10H12Cl2FN3. The molecule has 3 nitrogen and oxygen atoms in total. The Kier molecular flexibility index (Phi) is 4.38. The highest BCUT2D eigenvalue weighted by Crippen LogP contribution is 2.27. The topological polar surface area (TPSA) is 50.4 Å². The van der Waals surface area contributed by atoms with Crippen molar-refractivity contribution in [3.8, 4) is 0 Å². The molecule has 6 heteroatoms. The van der Waals surface area contributed by atoms with E-state index < -0.39 is 5.82 Å². The Bertz CT molecular complexity index is 396. The van der Waals surface area contributed by atoms with Gasteiger partial charge in [-0.3, -0.25) is 4.99 Å². The zero-order valence-corrected chi connectivity index (χ0v) is 10.4. The van der Waals surface area contributed by atoms with Crippen molar-refractivity contribution in [1.82, 2.24) is 0 Å². The fourth-order valence-corrected chi connectivity index (χ4v) is 1.57. The first-order valence-corrected chi connectivity index (χ1v) is 5.40. The number of benzene rings is 1. The summed E-state index contributed by atoms with van der Waals surface area (Å²) in [5, 5.41) is 2.65. The molecule has 1 aromatic carbocycles. The standard InChI is InChI=1S/C10H12Cl2FN3/c1-5(2)15-10(14)16-6-3-7(11)9(13)8(12)4-6/h3-5H,1-2H3,(H3,14,15,16). The summed E-state index contributed by atoms with van der Waals surface area (Å²) in [7, 11) is 0. The van der Waals surface area contributed by atoms with Gasteiger partial charge in [-0.1, -0.05) is 23.2 Å². The maximum Gasteiger partial charge on any atom is 0.193 e. The third-order valence-electron chi connectivity index (χ3n) is 1.65. The maximum absolute atomic E-state index is 13.1. The number of anilines is 1. The Balaban J connectivity index is 2.91.